The predicted octanol–water partition coefficient (Wildman–Crippen LogP) is 1.06. The number of nitrogen functional groups attached to an aromatic ring is 1. The average Bonchev–Trinajstić information content (AvgIpc) is 2.87. The van der Waals surface area contributed by atoms with Crippen LogP contribution < -0.4 is 10.5 Å². The molecule has 0 aliphatic rings. The van der Waals surface area contributed by atoms with E-state index in [-0.39, 0.29) is 17.7 Å². The van der Waals surface area contributed by atoms with E-state index in [1.165, 1.54) is 4.90 Å². The molecule has 0 fully saturated rings. The first-order valence-corrected chi connectivity index (χ1v) is 6.25. The van der Waals surface area contributed by atoms with Gasteiger partial charge in [-0.25, -0.2) is 0 Å². The normalized spacial score (nSPS) is 10.3. The van der Waals surface area contributed by atoms with E-state index in [4.69, 9.17) is 10.5 Å². The van der Waals surface area contributed by atoms with Crippen molar-refractivity contribution in [2.24, 2.45) is 0 Å². The summed E-state index contributed by atoms with van der Waals surface area (Å²) in [5.74, 6) is 0.745. The van der Waals surface area contributed by atoms with Gasteiger partial charge in [0, 0.05) is 13.6 Å². The quantitative estimate of drug-likeness (QED) is 0.850. The van der Waals surface area contributed by atoms with Crippen molar-refractivity contribution >= 4 is 11.9 Å². The number of nitrogens with one attached hydrogen (secondary N) is 1. The highest BCUT2D eigenvalue weighted by Gasteiger charge is 2.16. The van der Waals surface area contributed by atoms with Crippen molar-refractivity contribution in [2.45, 2.75) is 13.5 Å². The van der Waals surface area contributed by atoms with E-state index in [0.29, 0.717) is 13.2 Å². The Balaban J connectivity index is 2.00. The summed E-state index contributed by atoms with van der Waals surface area (Å²) in [6, 6.07) is 7.60. The highest BCUT2D eigenvalue weighted by Crippen LogP contribution is 2.13. The zero-order valence-corrected chi connectivity index (χ0v) is 11.5. The summed E-state index contributed by atoms with van der Waals surface area (Å²) in [5.41, 5.74) is 6.37. The van der Waals surface area contributed by atoms with Crippen LogP contribution in [0.4, 0.5) is 5.95 Å². The number of nitrogens with two attached hydrogens (primary N) is 1. The summed E-state index contributed by atoms with van der Waals surface area (Å²) in [7, 11) is 1.69. The second kappa shape index (κ2) is 6.05. The molecule has 0 radical (unpaired) electrons. The van der Waals surface area contributed by atoms with Crippen LogP contribution in [-0.4, -0.2) is 39.6 Å². The molecule has 0 atom stereocenters. The third kappa shape index (κ3) is 3.25. The van der Waals surface area contributed by atoms with Crippen LogP contribution >= 0.6 is 0 Å². The van der Waals surface area contributed by atoms with Crippen LogP contribution in [0, 0.1) is 0 Å². The Morgan fingerprint density at radius 1 is 1.40 bits per heavy atom. The number of rotatable bonds is 5. The lowest BCUT2D eigenvalue weighted by atomic mass is 10.2. The Labute approximate surface area is 116 Å². The van der Waals surface area contributed by atoms with E-state index in [2.05, 4.69) is 15.2 Å². The topological polar surface area (TPSA) is 97.1 Å². The van der Waals surface area contributed by atoms with Crippen molar-refractivity contribution in [2.75, 3.05) is 19.4 Å². The molecule has 20 heavy (non-hydrogen) atoms. The number of aromatic amines is 1. The number of hydrogen-bond donors (Lipinski definition) is 2. The minimum Gasteiger partial charge on any atom is -0.494 e. The van der Waals surface area contributed by atoms with Gasteiger partial charge in [0.15, 0.2) is 0 Å². The zero-order chi connectivity index (χ0) is 14.5. The van der Waals surface area contributed by atoms with Gasteiger partial charge >= 0.3 is 0 Å². The maximum Gasteiger partial charge on any atom is 0.291 e. The van der Waals surface area contributed by atoms with Gasteiger partial charge in [0.25, 0.3) is 5.91 Å². The molecule has 0 spiro atoms. The summed E-state index contributed by atoms with van der Waals surface area (Å²) in [5, 5.41) is 6.14. The van der Waals surface area contributed by atoms with Crippen molar-refractivity contribution in [3.05, 3.63) is 35.7 Å². The molecule has 0 aliphatic carbocycles. The minimum absolute atomic E-state index is 0.0582. The third-order valence-electron chi connectivity index (χ3n) is 2.71. The van der Waals surface area contributed by atoms with Crippen molar-refractivity contribution in [1.82, 2.24) is 20.1 Å². The maximum atomic E-state index is 12.0. The van der Waals surface area contributed by atoms with Gasteiger partial charge in [-0.05, 0) is 24.6 Å². The number of H-pyrrole nitrogens is 1. The Bertz CT molecular complexity index is 579. The second-order valence-electron chi connectivity index (χ2n) is 4.28. The standard InChI is InChI=1S/C13H17N5O2/c1-3-20-10-6-4-9(5-7-10)8-18(2)12(19)11-15-13(14)17-16-11/h4-7H,3,8H2,1-2H3,(H3,14,15,16,17). The highest BCUT2D eigenvalue weighted by atomic mass is 16.5. The number of nitrogens with zero attached hydrogens (tertiary/aromatic N) is 3. The van der Waals surface area contributed by atoms with Gasteiger partial charge in [0.1, 0.15) is 5.75 Å². The van der Waals surface area contributed by atoms with E-state index >= 15 is 0 Å². The molecule has 2 rings (SSSR count). The van der Waals surface area contributed by atoms with Crippen molar-refractivity contribution in [1.29, 1.82) is 0 Å². The van der Waals surface area contributed by atoms with Gasteiger partial charge in [-0.1, -0.05) is 12.1 Å². The third-order valence-corrected chi connectivity index (χ3v) is 2.71. The molecule has 106 valence electrons. The number of amides is 1. The number of carbonyl (C=O) groups excluding carboxylic acids is 1. The molecule has 2 aromatic rings. The van der Waals surface area contributed by atoms with Crippen LogP contribution in [0.5, 0.6) is 5.75 Å². The lowest BCUT2D eigenvalue weighted by Gasteiger charge is -2.15. The average molecular weight is 275 g/mol. The second-order valence-corrected chi connectivity index (χ2v) is 4.28. The first kappa shape index (κ1) is 13.9. The van der Waals surface area contributed by atoms with E-state index in [9.17, 15) is 4.79 Å². The van der Waals surface area contributed by atoms with Gasteiger partial charge in [0.2, 0.25) is 11.8 Å². The van der Waals surface area contributed by atoms with Crippen LogP contribution in [-0.2, 0) is 6.54 Å². The van der Waals surface area contributed by atoms with Gasteiger partial charge in [-0.3, -0.25) is 9.89 Å². The summed E-state index contributed by atoms with van der Waals surface area (Å²) < 4.78 is 5.37. The first-order valence-electron chi connectivity index (χ1n) is 6.25. The molecule has 1 heterocycles. The smallest absolute Gasteiger partial charge is 0.291 e. The van der Waals surface area contributed by atoms with Crippen LogP contribution in [0.1, 0.15) is 23.1 Å². The maximum absolute atomic E-state index is 12.0. The zero-order valence-electron chi connectivity index (χ0n) is 11.5. The SMILES string of the molecule is CCOc1ccc(CN(C)C(=O)c2nc(N)n[nH]2)cc1. The fraction of sp³-hybridized carbons (Fsp3) is 0.308. The lowest BCUT2D eigenvalue weighted by Crippen LogP contribution is -2.27. The Kier molecular flexibility index (Phi) is 4.19. The fourth-order valence-corrected chi connectivity index (χ4v) is 1.75. The van der Waals surface area contributed by atoms with E-state index in [1.807, 2.05) is 31.2 Å². The monoisotopic (exact) mass is 275 g/mol. The van der Waals surface area contributed by atoms with E-state index < -0.39 is 0 Å². The summed E-state index contributed by atoms with van der Waals surface area (Å²) in [6.45, 7) is 3.03. The van der Waals surface area contributed by atoms with Gasteiger partial charge in [0.05, 0.1) is 6.61 Å². The predicted molar refractivity (Wildman–Crippen MR) is 74.2 cm³/mol. The van der Waals surface area contributed by atoms with E-state index in [0.717, 1.165) is 11.3 Å². The summed E-state index contributed by atoms with van der Waals surface area (Å²) in [4.78, 5) is 17.4. The minimum atomic E-state index is -0.261. The number of hydrogen-bond acceptors (Lipinski definition) is 5. The van der Waals surface area contributed by atoms with Gasteiger partial charge in [-0.15, -0.1) is 5.10 Å². The number of carbonyl (C=O) groups is 1. The van der Waals surface area contributed by atoms with Crippen LogP contribution in [0.2, 0.25) is 0 Å². The van der Waals surface area contributed by atoms with Gasteiger partial charge < -0.3 is 15.4 Å². The highest BCUT2D eigenvalue weighted by molar-refractivity contribution is 5.90. The molecule has 1 aromatic carbocycles. The summed E-state index contributed by atoms with van der Waals surface area (Å²) in [6.07, 6.45) is 0. The fourth-order valence-electron chi connectivity index (χ4n) is 1.75. The Morgan fingerprint density at radius 2 is 2.10 bits per heavy atom. The van der Waals surface area contributed by atoms with Gasteiger partial charge in [-0.2, -0.15) is 4.98 Å². The number of benzene rings is 1. The lowest BCUT2D eigenvalue weighted by molar-refractivity contribution is 0.0773. The van der Waals surface area contributed by atoms with Crippen LogP contribution in [0.3, 0.4) is 0 Å². The Hall–Kier alpha value is -2.57. The molecular formula is C13H17N5O2. The van der Waals surface area contributed by atoms with Crippen LogP contribution in [0.15, 0.2) is 24.3 Å². The first-order chi connectivity index (χ1) is 9.60. The molecule has 0 aliphatic heterocycles. The molecule has 7 heteroatoms. The van der Waals surface area contributed by atoms with Crippen molar-refractivity contribution in [3.8, 4) is 5.75 Å². The molecule has 1 aromatic heterocycles. The van der Waals surface area contributed by atoms with Crippen LogP contribution in [0.25, 0.3) is 0 Å². The Morgan fingerprint density at radius 3 is 2.65 bits per heavy atom. The molecule has 7 nitrogen and oxygen atoms in total. The number of ether oxygens (including phenoxy) is 1. The van der Waals surface area contributed by atoms with Crippen molar-refractivity contribution < 1.29 is 9.53 Å². The molecule has 1 amide bonds. The molecule has 0 bridgehead atoms. The van der Waals surface area contributed by atoms with E-state index in [1.54, 1.807) is 7.05 Å². The molecule has 0 saturated carbocycles. The molecule has 0 unspecified atom stereocenters. The largest absolute Gasteiger partial charge is 0.494 e. The van der Waals surface area contributed by atoms with Crippen molar-refractivity contribution in [3.63, 3.8) is 0 Å². The molecule has 3 N–H and O–H groups in total. The number of aromatic nitrogens is 3. The summed E-state index contributed by atoms with van der Waals surface area (Å²) >= 11 is 0. The molecule has 0 saturated heterocycles. The number of anilines is 1. The molecular weight excluding hydrogens is 258 g/mol.